The Morgan fingerprint density at radius 3 is 2.50 bits per heavy atom. The SMILES string of the molecule is Nc1ccccc1OCCNc1ccc(F)cc1. The number of nitrogen functional groups attached to an aromatic ring is 1. The fourth-order valence-electron chi connectivity index (χ4n) is 1.54. The summed E-state index contributed by atoms with van der Waals surface area (Å²) in [6, 6.07) is 13.6. The zero-order valence-corrected chi connectivity index (χ0v) is 9.90. The lowest BCUT2D eigenvalue weighted by molar-refractivity contribution is 0.334. The van der Waals surface area contributed by atoms with Gasteiger partial charge < -0.3 is 15.8 Å². The Hall–Kier alpha value is -2.23. The van der Waals surface area contributed by atoms with Crippen molar-refractivity contribution in [3.05, 3.63) is 54.3 Å². The Morgan fingerprint density at radius 2 is 1.78 bits per heavy atom. The highest BCUT2D eigenvalue weighted by Crippen LogP contribution is 2.19. The Balaban J connectivity index is 1.76. The van der Waals surface area contributed by atoms with Crippen LogP contribution in [0.4, 0.5) is 15.8 Å². The molecule has 0 amide bonds. The second-order valence-corrected chi connectivity index (χ2v) is 3.82. The van der Waals surface area contributed by atoms with Gasteiger partial charge in [-0.3, -0.25) is 0 Å². The molecule has 2 rings (SSSR count). The number of benzene rings is 2. The van der Waals surface area contributed by atoms with Crippen molar-refractivity contribution < 1.29 is 9.13 Å². The molecule has 18 heavy (non-hydrogen) atoms. The van der Waals surface area contributed by atoms with E-state index < -0.39 is 0 Å². The maximum atomic E-state index is 12.7. The molecule has 0 radical (unpaired) electrons. The minimum Gasteiger partial charge on any atom is -0.490 e. The number of rotatable bonds is 5. The lowest BCUT2D eigenvalue weighted by Crippen LogP contribution is -2.12. The summed E-state index contributed by atoms with van der Waals surface area (Å²) in [5, 5.41) is 3.13. The third-order valence-corrected chi connectivity index (χ3v) is 2.45. The van der Waals surface area contributed by atoms with Crippen molar-refractivity contribution in [3.8, 4) is 5.75 Å². The molecule has 2 aromatic rings. The highest BCUT2D eigenvalue weighted by molar-refractivity contribution is 5.51. The summed E-state index contributed by atoms with van der Waals surface area (Å²) in [6.07, 6.45) is 0. The number of ether oxygens (including phenoxy) is 1. The highest BCUT2D eigenvalue weighted by Gasteiger charge is 1.98. The topological polar surface area (TPSA) is 47.3 Å². The number of hydrogen-bond donors (Lipinski definition) is 2. The van der Waals surface area contributed by atoms with Crippen LogP contribution in [0.25, 0.3) is 0 Å². The van der Waals surface area contributed by atoms with Gasteiger partial charge in [-0.1, -0.05) is 12.1 Å². The first-order valence-corrected chi connectivity index (χ1v) is 5.72. The normalized spacial score (nSPS) is 10.1. The number of nitrogens with one attached hydrogen (secondary N) is 1. The van der Waals surface area contributed by atoms with Crippen molar-refractivity contribution in [2.75, 3.05) is 24.2 Å². The van der Waals surface area contributed by atoms with E-state index in [1.165, 1.54) is 12.1 Å². The summed E-state index contributed by atoms with van der Waals surface area (Å²) in [5.74, 6) is 0.437. The van der Waals surface area contributed by atoms with Gasteiger partial charge in [-0.2, -0.15) is 0 Å². The van der Waals surface area contributed by atoms with Crippen LogP contribution in [0.2, 0.25) is 0 Å². The number of hydrogen-bond acceptors (Lipinski definition) is 3. The number of para-hydroxylation sites is 2. The van der Waals surface area contributed by atoms with E-state index in [1.54, 1.807) is 18.2 Å². The van der Waals surface area contributed by atoms with Crippen LogP contribution in [0.3, 0.4) is 0 Å². The Kier molecular flexibility index (Phi) is 4.02. The van der Waals surface area contributed by atoms with E-state index in [0.29, 0.717) is 24.6 Å². The molecule has 4 heteroatoms. The summed E-state index contributed by atoms with van der Waals surface area (Å²) in [6.45, 7) is 1.12. The van der Waals surface area contributed by atoms with Crippen molar-refractivity contribution in [1.82, 2.24) is 0 Å². The molecule has 0 heterocycles. The van der Waals surface area contributed by atoms with Crippen LogP contribution < -0.4 is 15.8 Å². The largest absolute Gasteiger partial charge is 0.490 e. The molecular weight excluding hydrogens is 231 g/mol. The van der Waals surface area contributed by atoms with E-state index in [0.717, 1.165) is 5.69 Å². The molecular formula is C14H15FN2O. The molecule has 0 saturated heterocycles. The van der Waals surface area contributed by atoms with E-state index >= 15 is 0 Å². The second-order valence-electron chi connectivity index (χ2n) is 3.82. The van der Waals surface area contributed by atoms with Gasteiger partial charge in [0.2, 0.25) is 0 Å². The van der Waals surface area contributed by atoms with Crippen molar-refractivity contribution >= 4 is 11.4 Å². The zero-order chi connectivity index (χ0) is 12.8. The summed E-state index contributed by atoms with van der Waals surface area (Å²) < 4.78 is 18.2. The molecule has 0 fully saturated rings. The first kappa shape index (κ1) is 12.2. The molecule has 0 aromatic heterocycles. The highest BCUT2D eigenvalue weighted by atomic mass is 19.1. The molecule has 0 saturated carbocycles. The molecule has 3 N–H and O–H groups in total. The Labute approximate surface area is 105 Å². The number of nitrogens with two attached hydrogens (primary N) is 1. The van der Waals surface area contributed by atoms with Gasteiger partial charge in [0.1, 0.15) is 18.2 Å². The third-order valence-electron chi connectivity index (χ3n) is 2.45. The van der Waals surface area contributed by atoms with Gasteiger partial charge in [0, 0.05) is 12.2 Å². The maximum absolute atomic E-state index is 12.7. The van der Waals surface area contributed by atoms with Crippen LogP contribution in [0.5, 0.6) is 5.75 Å². The van der Waals surface area contributed by atoms with Crippen molar-refractivity contribution in [3.63, 3.8) is 0 Å². The fraction of sp³-hybridized carbons (Fsp3) is 0.143. The molecule has 2 aromatic carbocycles. The third kappa shape index (κ3) is 3.38. The van der Waals surface area contributed by atoms with Gasteiger partial charge in [0.15, 0.2) is 0 Å². The molecule has 0 atom stereocenters. The van der Waals surface area contributed by atoms with Crippen LogP contribution in [0, 0.1) is 5.82 Å². The molecule has 94 valence electrons. The summed E-state index contributed by atoms with van der Waals surface area (Å²) in [7, 11) is 0. The molecule has 0 aliphatic heterocycles. The minimum absolute atomic E-state index is 0.242. The quantitative estimate of drug-likeness (QED) is 0.630. The maximum Gasteiger partial charge on any atom is 0.142 e. The van der Waals surface area contributed by atoms with Gasteiger partial charge in [-0.05, 0) is 36.4 Å². The van der Waals surface area contributed by atoms with E-state index in [-0.39, 0.29) is 5.82 Å². The zero-order valence-electron chi connectivity index (χ0n) is 9.90. The Morgan fingerprint density at radius 1 is 1.06 bits per heavy atom. The molecule has 0 aliphatic carbocycles. The van der Waals surface area contributed by atoms with Crippen molar-refractivity contribution in [2.24, 2.45) is 0 Å². The summed E-state index contributed by atoms with van der Waals surface area (Å²) >= 11 is 0. The van der Waals surface area contributed by atoms with Gasteiger partial charge in [0.25, 0.3) is 0 Å². The monoisotopic (exact) mass is 246 g/mol. The van der Waals surface area contributed by atoms with Crippen LogP contribution >= 0.6 is 0 Å². The van der Waals surface area contributed by atoms with Crippen molar-refractivity contribution in [1.29, 1.82) is 0 Å². The predicted octanol–water partition coefficient (Wildman–Crippen LogP) is 2.90. The van der Waals surface area contributed by atoms with Gasteiger partial charge in [-0.15, -0.1) is 0 Å². The van der Waals surface area contributed by atoms with E-state index in [1.807, 2.05) is 18.2 Å². The number of halogens is 1. The van der Waals surface area contributed by atoms with Crippen LogP contribution in [0.1, 0.15) is 0 Å². The standard InChI is InChI=1S/C14H15FN2O/c15-11-5-7-12(8-6-11)17-9-10-18-14-4-2-1-3-13(14)16/h1-8,17H,9-10,16H2. The molecule has 0 aliphatic rings. The lowest BCUT2D eigenvalue weighted by atomic mass is 10.3. The van der Waals surface area contributed by atoms with Gasteiger partial charge >= 0.3 is 0 Å². The van der Waals surface area contributed by atoms with Crippen LogP contribution in [-0.4, -0.2) is 13.2 Å². The van der Waals surface area contributed by atoms with E-state index in [2.05, 4.69) is 5.32 Å². The molecule has 0 unspecified atom stereocenters. The van der Waals surface area contributed by atoms with Gasteiger partial charge in [0.05, 0.1) is 5.69 Å². The summed E-state index contributed by atoms with van der Waals surface area (Å²) in [5.41, 5.74) is 7.23. The fourth-order valence-corrected chi connectivity index (χ4v) is 1.54. The Bertz CT molecular complexity index is 499. The number of anilines is 2. The second kappa shape index (κ2) is 5.91. The average Bonchev–Trinajstić information content (AvgIpc) is 2.39. The van der Waals surface area contributed by atoms with Crippen molar-refractivity contribution in [2.45, 2.75) is 0 Å². The molecule has 3 nitrogen and oxygen atoms in total. The predicted molar refractivity (Wildman–Crippen MR) is 71.2 cm³/mol. The van der Waals surface area contributed by atoms with Crippen LogP contribution in [0.15, 0.2) is 48.5 Å². The smallest absolute Gasteiger partial charge is 0.142 e. The van der Waals surface area contributed by atoms with Crippen LogP contribution in [-0.2, 0) is 0 Å². The molecule has 0 bridgehead atoms. The van der Waals surface area contributed by atoms with Gasteiger partial charge in [-0.25, -0.2) is 4.39 Å². The summed E-state index contributed by atoms with van der Waals surface area (Å²) in [4.78, 5) is 0. The molecule has 0 spiro atoms. The first-order chi connectivity index (χ1) is 8.75. The minimum atomic E-state index is -0.242. The van der Waals surface area contributed by atoms with E-state index in [9.17, 15) is 4.39 Å². The van der Waals surface area contributed by atoms with E-state index in [4.69, 9.17) is 10.5 Å². The average molecular weight is 246 g/mol. The lowest BCUT2D eigenvalue weighted by Gasteiger charge is -2.10. The first-order valence-electron chi connectivity index (χ1n) is 5.72.